The molecule has 0 aromatic heterocycles. The lowest BCUT2D eigenvalue weighted by atomic mass is 9.60. The molecule has 0 bridgehead atoms. The van der Waals surface area contributed by atoms with Crippen LogP contribution in [0.4, 0.5) is 4.79 Å². The monoisotopic (exact) mass is 485 g/mol. The van der Waals surface area contributed by atoms with Crippen LogP contribution < -0.4 is 5.43 Å². The summed E-state index contributed by atoms with van der Waals surface area (Å²) in [7, 11) is 0. The lowest BCUT2D eigenvalue weighted by molar-refractivity contribution is -0.143. The maximum atomic E-state index is 13.4. The Hall–Kier alpha value is -2.82. The van der Waals surface area contributed by atoms with Gasteiger partial charge < -0.3 is 19.7 Å². The molecule has 188 valence electrons. The molecule has 0 unspecified atom stereocenters. The highest BCUT2D eigenvalue weighted by molar-refractivity contribution is 6.06. The van der Waals surface area contributed by atoms with Crippen LogP contribution in [0.5, 0.6) is 0 Å². The van der Waals surface area contributed by atoms with E-state index in [-0.39, 0.29) is 43.4 Å². The lowest BCUT2D eigenvalue weighted by Crippen LogP contribution is -2.55. The summed E-state index contributed by atoms with van der Waals surface area (Å²) in [6, 6.07) is 9.23. The zero-order chi connectivity index (χ0) is 24.5. The van der Waals surface area contributed by atoms with Crippen LogP contribution in [0.15, 0.2) is 35.4 Å². The lowest BCUT2D eigenvalue weighted by Gasteiger charge is -2.45. The number of aliphatic hydroxyl groups is 2. The molecule has 2 saturated heterocycles. The summed E-state index contributed by atoms with van der Waals surface area (Å²) >= 11 is 0. The Balaban J connectivity index is 1.29. The average molecular weight is 486 g/mol. The molecular weight excluding hydrogens is 454 g/mol. The fourth-order valence-corrected chi connectivity index (χ4v) is 6.11. The highest BCUT2D eigenvalue weighted by Crippen LogP contribution is 2.49. The first-order valence-electron chi connectivity index (χ1n) is 12.3. The molecule has 2 aliphatic heterocycles. The van der Waals surface area contributed by atoms with E-state index in [0.29, 0.717) is 25.2 Å². The normalized spacial score (nSPS) is 35.7. The topological polar surface area (TPSA) is 138 Å². The fourth-order valence-electron chi connectivity index (χ4n) is 6.11. The van der Waals surface area contributed by atoms with Crippen LogP contribution in [0.1, 0.15) is 37.7 Å². The minimum absolute atomic E-state index is 0.0699. The summed E-state index contributed by atoms with van der Waals surface area (Å²) in [6.45, 7) is 0.951. The van der Waals surface area contributed by atoms with Crippen molar-refractivity contribution in [2.24, 2.45) is 28.8 Å². The maximum Gasteiger partial charge on any atom is 0.428 e. The molecule has 3 amide bonds. The molecule has 10 heteroatoms. The van der Waals surface area contributed by atoms with Crippen molar-refractivity contribution in [3.8, 4) is 0 Å². The van der Waals surface area contributed by atoms with E-state index in [4.69, 9.17) is 9.47 Å². The number of fused-ring (bicyclic) bond motifs is 3. The van der Waals surface area contributed by atoms with Gasteiger partial charge in [-0.3, -0.25) is 14.5 Å². The third-order valence-corrected chi connectivity index (χ3v) is 7.78. The van der Waals surface area contributed by atoms with Crippen molar-refractivity contribution in [3.63, 3.8) is 0 Å². The van der Waals surface area contributed by atoms with E-state index in [1.165, 1.54) is 4.90 Å². The fraction of sp³-hybridized carbons (Fsp3) is 0.600. The number of imide groups is 1. The first-order valence-corrected chi connectivity index (χ1v) is 12.3. The molecule has 3 N–H and O–H groups in total. The largest absolute Gasteiger partial charge is 0.443 e. The van der Waals surface area contributed by atoms with Gasteiger partial charge in [-0.25, -0.2) is 10.2 Å². The summed E-state index contributed by atoms with van der Waals surface area (Å²) in [5.74, 6) is -2.75. The average Bonchev–Trinajstić information content (AvgIpc) is 3.47. The number of likely N-dealkylation sites (tertiary alicyclic amines) is 1. The van der Waals surface area contributed by atoms with Crippen LogP contribution in [0, 0.1) is 23.7 Å². The zero-order valence-electron chi connectivity index (χ0n) is 19.4. The van der Waals surface area contributed by atoms with Gasteiger partial charge in [-0.2, -0.15) is 5.10 Å². The summed E-state index contributed by atoms with van der Waals surface area (Å²) in [6.07, 6.45) is -0.387. The van der Waals surface area contributed by atoms with Gasteiger partial charge >= 0.3 is 6.09 Å². The Labute approximate surface area is 203 Å². The SMILES string of the molecule is O=C(N/N=C1\C[C@@H](O)[C@@H](O)[C@@H]2[C@@H]3C(=O)N(C[C@@H]4CCCO4)C(=O)[C@@H]3CC[C@H]12)OCc1ccccc1. The number of hydrogen-bond donors (Lipinski definition) is 3. The number of hydrazone groups is 1. The Morgan fingerprint density at radius 3 is 2.63 bits per heavy atom. The molecule has 0 spiro atoms. The van der Waals surface area contributed by atoms with Crippen LogP contribution in [0.25, 0.3) is 0 Å². The number of nitrogens with zero attached hydrogens (tertiary/aromatic N) is 2. The second-order valence-electron chi connectivity index (χ2n) is 9.85. The van der Waals surface area contributed by atoms with E-state index in [1.807, 2.05) is 30.3 Å². The van der Waals surface area contributed by atoms with Crippen molar-refractivity contribution in [3.05, 3.63) is 35.9 Å². The van der Waals surface area contributed by atoms with E-state index in [9.17, 15) is 24.6 Å². The van der Waals surface area contributed by atoms with Crippen LogP contribution >= 0.6 is 0 Å². The van der Waals surface area contributed by atoms with E-state index in [1.54, 1.807) is 0 Å². The molecule has 5 rings (SSSR count). The van der Waals surface area contributed by atoms with Crippen LogP contribution in [0.2, 0.25) is 0 Å². The summed E-state index contributed by atoms with van der Waals surface area (Å²) < 4.78 is 10.8. The smallest absolute Gasteiger partial charge is 0.428 e. The van der Waals surface area contributed by atoms with Gasteiger partial charge in [0.1, 0.15) is 6.61 Å². The number of carbonyl (C=O) groups is 3. The first kappa shape index (κ1) is 23.9. The maximum absolute atomic E-state index is 13.4. The summed E-state index contributed by atoms with van der Waals surface area (Å²) in [5, 5.41) is 25.7. The Kier molecular flexibility index (Phi) is 6.86. The zero-order valence-corrected chi connectivity index (χ0v) is 19.4. The highest BCUT2D eigenvalue weighted by atomic mass is 16.6. The number of ether oxygens (including phenoxy) is 2. The molecule has 2 saturated carbocycles. The molecule has 10 nitrogen and oxygen atoms in total. The van der Waals surface area contributed by atoms with Crippen LogP contribution in [0.3, 0.4) is 0 Å². The van der Waals surface area contributed by atoms with Crippen LogP contribution in [-0.4, -0.2) is 70.2 Å². The quantitative estimate of drug-likeness (QED) is 0.421. The van der Waals surface area contributed by atoms with Gasteiger partial charge in [0, 0.05) is 30.6 Å². The number of nitrogens with one attached hydrogen (secondary N) is 1. The van der Waals surface area contributed by atoms with Gasteiger partial charge in [-0.15, -0.1) is 0 Å². The minimum atomic E-state index is -1.16. The first-order chi connectivity index (χ1) is 16.9. The third-order valence-electron chi connectivity index (χ3n) is 7.78. The number of benzene rings is 1. The summed E-state index contributed by atoms with van der Waals surface area (Å²) in [5.41, 5.74) is 3.72. The molecule has 0 radical (unpaired) electrons. The van der Waals surface area contributed by atoms with E-state index < -0.39 is 36.1 Å². The molecule has 7 atom stereocenters. The van der Waals surface area contributed by atoms with Gasteiger partial charge in [-0.05, 0) is 31.2 Å². The second kappa shape index (κ2) is 10.0. The predicted molar refractivity (Wildman–Crippen MR) is 123 cm³/mol. The number of amides is 3. The van der Waals surface area contributed by atoms with Gasteiger partial charge in [0.25, 0.3) is 0 Å². The Morgan fingerprint density at radius 2 is 1.89 bits per heavy atom. The van der Waals surface area contributed by atoms with Gasteiger partial charge in [0.2, 0.25) is 11.8 Å². The van der Waals surface area contributed by atoms with Gasteiger partial charge in [0.15, 0.2) is 0 Å². The number of hydrogen-bond acceptors (Lipinski definition) is 8. The van der Waals surface area contributed by atoms with Crippen molar-refractivity contribution < 1.29 is 34.1 Å². The second-order valence-corrected chi connectivity index (χ2v) is 9.85. The molecule has 4 aliphatic rings. The van der Waals surface area contributed by atoms with Crippen molar-refractivity contribution in [2.45, 2.75) is 57.0 Å². The van der Waals surface area contributed by atoms with E-state index in [2.05, 4.69) is 10.5 Å². The van der Waals surface area contributed by atoms with Crippen LogP contribution in [-0.2, 0) is 25.7 Å². The molecule has 35 heavy (non-hydrogen) atoms. The molecule has 1 aromatic carbocycles. The van der Waals surface area contributed by atoms with E-state index in [0.717, 1.165) is 18.4 Å². The standard InChI is InChI=1S/C25H31N3O7/c29-19-11-18(26-27-25(33)35-13-14-5-2-1-3-6-14)16-8-9-17-21(20(16)22(19)30)24(32)28(23(17)31)12-15-7-4-10-34-15/h1-3,5-6,15-17,19-22,29-30H,4,7-13H2,(H,27,33)/b26-18+/t15-,16+,17+,19+,20-,21+,22+/m0/s1. The molecular formula is C25H31N3O7. The molecule has 2 heterocycles. The molecule has 1 aromatic rings. The third kappa shape index (κ3) is 4.70. The van der Waals surface area contributed by atoms with Crippen molar-refractivity contribution in [1.29, 1.82) is 0 Å². The predicted octanol–water partition coefficient (Wildman–Crippen LogP) is 1.20. The van der Waals surface area contributed by atoms with Gasteiger partial charge in [0.05, 0.1) is 36.7 Å². The van der Waals surface area contributed by atoms with Crippen molar-refractivity contribution >= 4 is 23.6 Å². The van der Waals surface area contributed by atoms with Crippen molar-refractivity contribution in [2.75, 3.05) is 13.2 Å². The Bertz CT molecular complexity index is 994. The number of rotatable bonds is 5. The van der Waals surface area contributed by atoms with Crippen molar-refractivity contribution in [1.82, 2.24) is 10.3 Å². The minimum Gasteiger partial charge on any atom is -0.443 e. The van der Waals surface area contributed by atoms with Gasteiger partial charge in [-0.1, -0.05) is 30.3 Å². The summed E-state index contributed by atoms with van der Waals surface area (Å²) in [4.78, 5) is 39.9. The number of aliphatic hydroxyl groups excluding tert-OH is 2. The highest BCUT2D eigenvalue weighted by Gasteiger charge is 2.59. The molecule has 4 fully saturated rings. The Morgan fingerprint density at radius 1 is 1.11 bits per heavy atom. The number of carbonyl (C=O) groups excluding carboxylic acids is 3. The molecule has 2 aliphatic carbocycles. The van der Waals surface area contributed by atoms with E-state index >= 15 is 0 Å².